The van der Waals surface area contributed by atoms with Gasteiger partial charge in [0.15, 0.2) is 18.9 Å². The molecule has 17 unspecified atom stereocenters. The minimum atomic E-state index is -1.98. The topological polar surface area (TPSA) is 307 Å². The number of amides is 1. The average molecular weight is 1540 g/mol. The molecule has 17 atom stereocenters. The molecule has 3 aliphatic rings. The van der Waals surface area contributed by atoms with E-state index in [-0.39, 0.29) is 18.9 Å². The molecule has 3 fully saturated rings. The third-order valence-corrected chi connectivity index (χ3v) is 21.1. The molecule has 0 bridgehead atoms. The van der Waals surface area contributed by atoms with Gasteiger partial charge in [0.05, 0.1) is 38.6 Å². The summed E-state index contributed by atoms with van der Waals surface area (Å²) >= 11 is 0. The monoisotopic (exact) mass is 1540 g/mol. The summed E-state index contributed by atoms with van der Waals surface area (Å²) in [5, 5.41) is 121. The van der Waals surface area contributed by atoms with E-state index >= 15 is 0 Å². The van der Waals surface area contributed by atoms with E-state index in [4.69, 9.17) is 28.4 Å². The van der Waals surface area contributed by atoms with Gasteiger partial charge < -0.3 is 89.9 Å². The lowest BCUT2D eigenvalue weighted by Gasteiger charge is -2.48. The normalized spacial score (nSPS) is 25.8. The Balaban J connectivity index is 1.32. The van der Waals surface area contributed by atoms with Crippen LogP contribution in [0.4, 0.5) is 0 Å². The van der Waals surface area contributed by atoms with Gasteiger partial charge in [0.1, 0.15) is 73.2 Å². The molecule has 19 nitrogen and oxygen atoms in total. The van der Waals surface area contributed by atoms with Crippen LogP contribution >= 0.6 is 0 Å². The number of ether oxygens (including phenoxy) is 6. The summed E-state index contributed by atoms with van der Waals surface area (Å²) in [6.07, 6.45) is 69.4. The van der Waals surface area contributed by atoms with Crippen LogP contribution in [0.1, 0.15) is 322 Å². The minimum Gasteiger partial charge on any atom is -0.394 e. The van der Waals surface area contributed by atoms with Gasteiger partial charge in [0.25, 0.3) is 0 Å². The van der Waals surface area contributed by atoms with Gasteiger partial charge in [-0.05, 0) is 83.5 Å². The SMILES string of the molecule is CC/C=C\C/C=C\C/C=C\C/C=C\C/C=C\C/C=C\C/C=C\C/C=C\CCCCCCCCCCCCCCCCCCC(=O)NC(COC1OC(CO)C(OC2OC(CO)C(OC3OC(CO)C(O)C(O)C3O)C(O)C2O)C(O)C1O)C(O)/C=C/CCCCCCCCCCCCCCCCCCCCCCC. The number of rotatable bonds is 69. The van der Waals surface area contributed by atoms with Crippen molar-refractivity contribution in [1.82, 2.24) is 5.32 Å². The number of hydrogen-bond acceptors (Lipinski definition) is 18. The lowest BCUT2D eigenvalue weighted by Crippen LogP contribution is -2.66. The van der Waals surface area contributed by atoms with Crippen molar-refractivity contribution in [3.8, 4) is 0 Å². The van der Waals surface area contributed by atoms with Crippen LogP contribution in [0.15, 0.2) is 109 Å². The molecule has 0 radical (unpaired) electrons. The first kappa shape index (κ1) is 99.6. The van der Waals surface area contributed by atoms with Crippen molar-refractivity contribution in [2.75, 3.05) is 26.4 Å². The zero-order valence-corrected chi connectivity index (χ0v) is 67.8. The van der Waals surface area contributed by atoms with Crippen LogP contribution < -0.4 is 5.32 Å². The number of hydrogen-bond donors (Lipinski definition) is 12. The predicted molar refractivity (Wildman–Crippen MR) is 438 cm³/mol. The molecule has 0 aromatic heterocycles. The van der Waals surface area contributed by atoms with E-state index in [1.54, 1.807) is 6.08 Å². The highest BCUT2D eigenvalue weighted by atomic mass is 16.8. The summed E-state index contributed by atoms with van der Waals surface area (Å²) < 4.78 is 34.5. The molecule has 3 saturated heterocycles. The predicted octanol–water partition coefficient (Wildman–Crippen LogP) is 16.1. The number of allylic oxidation sites excluding steroid dienone is 17. The number of aliphatic hydroxyl groups excluding tert-OH is 11. The highest BCUT2D eigenvalue weighted by Gasteiger charge is 2.54. The van der Waals surface area contributed by atoms with Crippen LogP contribution in [-0.2, 0) is 33.2 Å². The third kappa shape index (κ3) is 47.8. The fourth-order valence-electron chi connectivity index (χ4n) is 14.2. The van der Waals surface area contributed by atoms with E-state index in [1.165, 1.54) is 199 Å². The van der Waals surface area contributed by atoms with E-state index < -0.39 is 124 Å². The molecule has 1 amide bonds. The smallest absolute Gasteiger partial charge is 0.220 e. The van der Waals surface area contributed by atoms with Crippen molar-refractivity contribution in [2.45, 2.75) is 426 Å². The molecule has 630 valence electrons. The van der Waals surface area contributed by atoms with Crippen LogP contribution in [-0.4, -0.2) is 193 Å². The Morgan fingerprint density at radius 1 is 0.339 bits per heavy atom. The summed E-state index contributed by atoms with van der Waals surface area (Å²) in [6.45, 7) is 1.65. The fraction of sp³-hybridized carbons (Fsp3) is 0.789. The van der Waals surface area contributed by atoms with E-state index in [0.29, 0.717) is 6.42 Å². The van der Waals surface area contributed by atoms with Crippen molar-refractivity contribution < 1.29 is 89.4 Å². The molecule has 0 aliphatic carbocycles. The number of unbranched alkanes of at least 4 members (excludes halogenated alkanes) is 37. The molecule has 3 aliphatic heterocycles. The van der Waals surface area contributed by atoms with Crippen molar-refractivity contribution in [3.05, 3.63) is 109 Å². The maximum atomic E-state index is 13.5. The van der Waals surface area contributed by atoms with Gasteiger partial charge >= 0.3 is 0 Å². The van der Waals surface area contributed by atoms with Crippen LogP contribution in [0.5, 0.6) is 0 Å². The van der Waals surface area contributed by atoms with E-state index in [9.17, 15) is 61.0 Å². The maximum absolute atomic E-state index is 13.5. The molecule has 0 spiro atoms. The average Bonchev–Trinajstić information content (AvgIpc) is 0.760. The lowest BCUT2D eigenvalue weighted by molar-refractivity contribution is -0.379. The number of carbonyl (C=O) groups excluding carboxylic acids is 1. The summed E-state index contributed by atoms with van der Waals surface area (Å²) in [4.78, 5) is 13.5. The first-order chi connectivity index (χ1) is 53.3. The summed E-state index contributed by atoms with van der Waals surface area (Å²) in [7, 11) is 0. The number of nitrogens with one attached hydrogen (secondary N) is 1. The van der Waals surface area contributed by atoms with Crippen molar-refractivity contribution in [3.63, 3.8) is 0 Å². The van der Waals surface area contributed by atoms with Gasteiger partial charge in [-0.15, -0.1) is 0 Å². The summed E-state index contributed by atoms with van der Waals surface area (Å²) in [5.74, 6) is -0.274. The second-order valence-corrected chi connectivity index (χ2v) is 30.6. The molecule has 0 saturated carbocycles. The van der Waals surface area contributed by atoms with Crippen LogP contribution in [0.3, 0.4) is 0 Å². The van der Waals surface area contributed by atoms with E-state index in [0.717, 1.165) is 96.3 Å². The molecule has 12 N–H and O–H groups in total. The molecule has 19 heteroatoms. The molecule has 0 aromatic carbocycles. The third-order valence-electron chi connectivity index (χ3n) is 21.1. The second kappa shape index (κ2) is 68.8. The van der Waals surface area contributed by atoms with Gasteiger partial charge in [0, 0.05) is 6.42 Å². The van der Waals surface area contributed by atoms with E-state index in [1.807, 2.05) is 6.08 Å². The molecular formula is C90H157NO18. The Hall–Kier alpha value is -3.55. The second-order valence-electron chi connectivity index (χ2n) is 30.6. The molecule has 3 rings (SSSR count). The van der Waals surface area contributed by atoms with Crippen molar-refractivity contribution >= 4 is 5.91 Å². The first-order valence-electron chi connectivity index (χ1n) is 43.6. The van der Waals surface area contributed by atoms with E-state index in [2.05, 4.69) is 116 Å². The standard InChI is InChI=1S/C90H157NO18/c1-3-5-7-9-11-13-15-17-19-21-23-25-27-28-29-30-31-32-33-34-35-36-37-38-39-40-41-42-43-44-46-48-50-52-54-56-58-60-62-64-66-68-78(96)91-73(74(95)67-65-63-61-59-57-55-53-51-49-47-45-26-24-22-20-18-16-14-12-10-8-6-4-2)72-104-88-84(102)81(99)86(76(70-93)106-88)109-90-85(103)82(100)87(77(71-94)107-90)108-89-83(101)80(98)79(97)75(69-92)105-89/h5,7,11,13,17,19,23,25,28-29,31-32,34-35,37-38,65,67,73-77,79-90,92-95,97-103H,3-4,6,8-10,12,14-16,18,20-22,24,26-27,30,33,36,39-64,66,68-72H2,1-2H3,(H,91,96)/b7-5-,13-11-,19-17-,25-23-,29-28-,32-31-,35-34-,38-37-,67-65+. The Kier molecular flexibility index (Phi) is 62.9. The Labute approximate surface area is 659 Å². The number of aliphatic hydroxyl groups is 11. The fourth-order valence-corrected chi connectivity index (χ4v) is 14.2. The van der Waals surface area contributed by atoms with Crippen LogP contribution in [0.2, 0.25) is 0 Å². The minimum absolute atomic E-state index is 0.240. The highest BCUT2D eigenvalue weighted by Crippen LogP contribution is 2.33. The number of carbonyl (C=O) groups is 1. The molecular weight excluding hydrogens is 1380 g/mol. The molecule has 0 aromatic rings. The van der Waals surface area contributed by atoms with Crippen molar-refractivity contribution in [2.24, 2.45) is 0 Å². The van der Waals surface area contributed by atoms with Crippen LogP contribution in [0, 0.1) is 0 Å². The Morgan fingerprint density at radius 2 is 0.633 bits per heavy atom. The van der Waals surface area contributed by atoms with Gasteiger partial charge in [-0.3, -0.25) is 4.79 Å². The Morgan fingerprint density at radius 3 is 0.991 bits per heavy atom. The quantitative estimate of drug-likeness (QED) is 0.0199. The van der Waals surface area contributed by atoms with Gasteiger partial charge in [-0.25, -0.2) is 0 Å². The first-order valence-corrected chi connectivity index (χ1v) is 43.6. The van der Waals surface area contributed by atoms with Crippen LogP contribution in [0.25, 0.3) is 0 Å². The maximum Gasteiger partial charge on any atom is 0.220 e. The zero-order chi connectivity index (χ0) is 78.8. The zero-order valence-electron chi connectivity index (χ0n) is 67.8. The largest absolute Gasteiger partial charge is 0.394 e. The summed E-state index contributed by atoms with van der Waals surface area (Å²) in [6, 6.07) is -0.979. The van der Waals surface area contributed by atoms with Gasteiger partial charge in [0.2, 0.25) is 5.91 Å². The summed E-state index contributed by atoms with van der Waals surface area (Å²) in [5.41, 5.74) is 0. The Bertz CT molecular complexity index is 2390. The molecule has 109 heavy (non-hydrogen) atoms. The van der Waals surface area contributed by atoms with Gasteiger partial charge in [-0.1, -0.05) is 342 Å². The van der Waals surface area contributed by atoms with Crippen molar-refractivity contribution in [1.29, 1.82) is 0 Å². The molecule has 3 heterocycles. The lowest BCUT2D eigenvalue weighted by atomic mass is 9.96. The highest BCUT2D eigenvalue weighted by molar-refractivity contribution is 5.76. The van der Waals surface area contributed by atoms with Gasteiger partial charge in [-0.2, -0.15) is 0 Å².